The lowest BCUT2D eigenvalue weighted by Crippen LogP contribution is -1.94. The zero-order chi connectivity index (χ0) is 20.2. The molecule has 1 aromatic carbocycles. The Morgan fingerprint density at radius 2 is 1.83 bits per heavy atom. The summed E-state index contributed by atoms with van der Waals surface area (Å²) in [6.45, 7) is 1.97. The van der Waals surface area contributed by atoms with Crippen LogP contribution in [-0.4, -0.2) is 39.3 Å². The number of fused-ring (bicyclic) bond motifs is 2. The highest BCUT2D eigenvalue weighted by Gasteiger charge is 2.15. The molecule has 0 amide bonds. The fourth-order valence-electron chi connectivity index (χ4n) is 3.85. The maximum absolute atomic E-state index is 4.59. The maximum Gasteiger partial charge on any atom is 0.147 e. The van der Waals surface area contributed by atoms with Crippen molar-refractivity contribution in [2.24, 2.45) is 7.05 Å². The van der Waals surface area contributed by atoms with E-state index in [1.165, 1.54) is 0 Å². The minimum atomic E-state index is 0.838. The third-order valence-electron chi connectivity index (χ3n) is 5.30. The predicted molar refractivity (Wildman–Crippen MR) is 115 cm³/mol. The average Bonchev–Trinajstić information content (AvgIpc) is 3.52. The van der Waals surface area contributed by atoms with Gasteiger partial charge in [-0.05, 0) is 31.2 Å². The summed E-state index contributed by atoms with van der Waals surface area (Å²) in [6, 6.07) is 10.3. The largest absolute Gasteiger partial charge is 0.353 e. The van der Waals surface area contributed by atoms with E-state index < -0.39 is 0 Å². The zero-order valence-corrected chi connectivity index (χ0v) is 16.5. The monoisotopic (exact) mass is 394 g/mol. The molecule has 0 bridgehead atoms. The standard InChI is InChI=1S/C22H18N8/c1-13-9-30(12-24-13)22-16-8-19(26-17(16)5-6-23-22)21-15-7-14(3-4-18(15)27-28-21)20-10-29(2)11-25-20/h3-12,26H,1-2H3,(H,27,28). The van der Waals surface area contributed by atoms with Crippen molar-refractivity contribution in [2.75, 3.05) is 0 Å². The Hall–Kier alpha value is -4.20. The SMILES string of the molecule is Cc1cn(-c2nccc3[nH]c(-c4n[nH]c5ccc(-c6cn(C)cn6)cc45)cc23)cn1. The molecule has 0 aliphatic rings. The molecule has 6 rings (SSSR count). The number of H-pyrrole nitrogens is 2. The lowest BCUT2D eigenvalue weighted by molar-refractivity contribution is 0.913. The molecule has 146 valence electrons. The summed E-state index contributed by atoms with van der Waals surface area (Å²) in [7, 11) is 1.97. The summed E-state index contributed by atoms with van der Waals surface area (Å²) >= 11 is 0. The van der Waals surface area contributed by atoms with E-state index in [1.807, 2.05) is 47.6 Å². The van der Waals surface area contributed by atoms with E-state index in [1.54, 1.807) is 18.9 Å². The molecule has 0 fully saturated rings. The molecule has 5 aromatic heterocycles. The number of nitrogens with zero attached hydrogens (tertiary/aromatic N) is 6. The number of hydrogen-bond donors (Lipinski definition) is 2. The molecule has 6 aromatic rings. The van der Waals surface area contributed by atoms with Crippen LogP contribution in [0, 0.1) is 6.92 Å². The first-order valence-electron chi connectivity index (χ1n) is 9.61. The fourth-order valence-corrected chi connectivity index (χ4v) is 3.85. The van der Waals surface area contributed by atoms with Crippen LogP contribution in [0.25, 0.3) is 50.3 Å². The van der Waals surface area contributed by atoms with Crippen molar-refractivity contribution >= 4 is 21.8 Å². The second-order valence-electron chi connectivity index (χ2n) is 7.46. The van der Waals surface area contributed by atoms with Gasteiger partial charge >= 0.3 is 0 Å². The summed E-state index contributed by atoms with van der Waals surface area (Å²) in [5.41, 5.74) is 6.71. The van der Waals surface area contributed by atoms with E-state index in [2.05, 4.69) is 48.3 Å². The smallest absolute Gasteiger partial charge is 0.147 e. The molecule has 5 heterocycles. The van der Waals surface area contributed by atoms with Gasteiger partial charge in [-0.25, -0.2) is 15.0 Å². The molecule has 2 N–H and O–H groups in total. The molecule has 0 saturated heterocycles. The van der Waals surface area contributed by atoms with Gasteiger partial charge in [0, 0.05) is 42.0 Å². The minimum Gasteiger partial charge on any atom is -0.353 e. The molecule has 0 aliphatic heterocycles. The number of imidazole rings is 2. The van der Waals surface area contributed by atoms with Crippen molar-refractivity contribution < 1.29 is 0 Å². The first-order valence-corrected chi connectivity index (χ1v) is 9.61. The first kappa shape index (κ1) is 16.7. The van der Waals surface area contributed by atoms with Crippen LogP contribution in [0.2, 0.25) is 0 Å². The number of aromatic nitrogens is 8. The zero-order valence-electron chi connectivity index (χ0n) is 16.5. The van der Waals surface area contributed by atoms with Crippen LogP contribution in [0.1, 0.15) is 5.69 Å². The lowest BCUT2D eigenvalue weighted by atomic mass is 10.1. The van der Waals surface area contributed by atoms with Crippen LogP contribution in [0.4, 0.5) is 0 Å². The molecule has 0 radical (unpaired) electrons. The average molecular weight is 394 g/mol. The Morgan fingerprint density at radius 1 is 0.900 bits per heavy atom. The number of rotatable bonds is 3. The van der Waals surface area contributed by atoms with Gasteiger partial charge in [-0.2, -0.15) is 5.10 Å². The van der Waals surface area contributed by atoms with Crippen LogP contribution in [0.15, 0.2) is 61.6 Å². The summed E-state index contributed by atoms with van der Waals surface area (Å²) in [5, 5.41) is 9.78. The highest BCUT2D eigenvalue weighted by Crippen LogP contribution is 2.32. The van der Waals surface area contributed by atoms with Gasteiger partial charge in [-0.3, -0.25) is 9.67 Å². The number of nitrogens with one attached hydrogen (secondary N) is 2. The topological polar surface area (TPSA) is 93.0 Å². The van der Waals surface area contributed by atoms with E-state index in [0.717, 1.165) is 56.0 Å². The van der Waals surface area contributed by atoms with E-state index in [9.17, 15) is 0 Å². The van der Waals surface area contributed by atoms with Crippen molar-refractivity contribution in [2.45, 2.75) is 6.92 Å². The van der Waals surface area contributed by atoms with E-state index in [0.29, 0.717) is 0 Å². The van der Waals surface area contributed by atoms with Crippen molar-refractivity contribution in [3.8, 4) is 28.5 Å². The molecule has 30 heavy (non-hydrogen) atoms. The Morgan fingerprint density at radius 3 is 2.63 bits per heavy atom. The third-order valence-corrected chi connectivity index (χ3v) is 5.30. The van der Waals surface area contributed by atoms with Crippen LogP contribution in [-0.2, 0) is 7.05 Å². The molecular formula is C22H18N8. The fraction of sp³-hybridized carbons (Fsp3) is 0.0909. The minimum absolute atomic E-state index is 0.838. The van der Waals surface area contributed by atoms with Gasteiger partial charge in [-0.1, -0.05) is 6.07 Å². The van der Waals surface area contributed by atoms with Crippen molar-refractivity contribution in [3.05, 3.63) is 67.3 Å². The van der Waals surface area contributed by atoms with Crippen molar-refractivity contribution in [3.63, 3.8) is 0 Å². The Bertz CT molecular complexity index is 1530. The molecule has 0 aliphatic carbocycles. The highest BCUT2D eigenvalue weighted by molar-refractivity contribution is 5.98. The van der Waals surface area contributed by atoms with Gasteiger partial charge in [0.15, 0.2) is 0 Å². The Labute approximate surface area is 171 Å². The van der Waals surface area contributed by atoms with Crippen molar-refractivity contribution in [1.82, 2.24) is 39.3 Å². The number of pyridine rings is 1. The second-order valence-corrected chi connectivity index (χ2v) is 7.46. The first-order chi connectivity index (χ1) is 14.7. The molecule has 0 atom stereocenters. The van der Waals surface area contributed by atoms with Crippen LogP contribution in [0.3, 0.4) is 0 Å². The van der Waals surface area contributed by atoms with Crippen LogP contribution < -0.4 is 0 Å². The highest BCUT2D eigenvalue weighted by atomic mass is 15.1. The van der Waals surface area contributed by atoms with E-state index >= 15 is 0 Å². The summed E-state index contributed by atoms with van der Waals surface area (Å²) in [6.07, 6.45) is 9.37. The van der Waals surface area contributed by atoms with Gasteiger partial charge in [0.05, 0.1) is 34.4 Å². The molecule has 0 saturated carbocycles. The predicted octanol–water partition coefficient (Wildman–Crippen LogP) is 4.00. The number of aromatic amines is 2. The number of hydrogen-bond acceptors (Lipinski definition) is 4. The van der Waals surface area contributed by atoms with Gasteiger partial charge in [0.1, 0.15) is 17.8 Å². The number of aryl methyl sites for hydroxylation is 2. The molecule has 8 nitrogen and oxygen atoms in total. The molecular weight excluding hydrogens is 376 g/mol. The lowest BCUT2D eigenvalue weighted by Gasteiger charge is -2.01. The van der Waals surface area contributed by atoms with Crippen LogP contribution >= 0.6 is 0 Å². The van der Waals surface area contributed by atoms with Gasteiger partial charge in [0.25, 0.3) is 0 Å². The van der Waals surface area contributed by atoms with Gasteiger partial charge < -0.3 is 9.55 Å². The van der Waals surface area contributed by atoms with Gasteiger partial charge in [-0.15, -0.1) is 0 Å². The Balaban J connectivity index is 1.52. The van der Waals surface area contributed by atoms with Gasteiger partial charge in [0.2, 0.25) is 0 Å². The summed E-state index contributed by atoms with van der Waals surface area (Å²) in [5.74, 6) is 0.838. The molecule has 8 heteroatoms. The second kappa shape index (κ2) is 6.15. The van der Waals surface area contributed by atoms with Crippen LogP contribution in [0.5, 0.6) is 0 Å². The maximum atomic E-state index is 4.59. The molecule has 0 spiro atoms. The third kappa shape index (κ3) is 2.54. The van der Waals surface area contributed by atoms with Crippen molar-refractivity contribution in [1.29, 1.82) is 0 Å². The van der Waals surface area contributed by atoms with E-state index in [-0.39, 0.29) is 0 Å². The molecule has 0 unspecified atom stereocenters. The summed E-state index contributed by atoms with van der Waals surface area (Å²) < 4.78 is 3.89. The summed E-state index contributed by atoms with van der Waals surface area (Å²) in [4.78, 5) is 16.9. The quantitative estimate of drug-likeness (QED) is 0.474. The number of benzene rings is 1. The Kier molecular flexibility index (Phi) is 3.43. The normalized spacial score (nSPS) is 11.7. The van der Waals surface area contributed by atoms with E-state index in [4.69, 9.17) is 0 Å².